The van der Waals surface area contributed by atoms with Crippen LogP contribution >= 0.6 is 12.4 Å². The van der Waals surface area contributed by atoms with E-state index >= 15 is 0 Å². The molecule has 0 aromatic heterocycles. The van der Waals surface area contributed by atoms with E-state index in [2.05, 4.69) is 16.0 Å². The first-order chi connectivity index (χ1) is 10.5. The lowest BCUT2D eigenvalue weighted by molar-refractivity contribution is -0.140. The lowest BCUT2D eigenvalue weighted by Gasteiger charge is -2.34. The number of halogens is 1. The van der Waals surface area contributed by atoms with Crippen LogP contribution < -0.4 is 16.0 Å². The average Bonchev–Trinajstić information content (AvgIpc) is 2.50. The normalized spacial score (nSPS) is 16.1. The van der Waals surface area contributed by atoms with Crippen LogP contribution in [0.1, 0.15) is 25.3 Å². The molecule has 1 saturated heterocycles. The van der Waals surface area contributed by atoms with Crippen LogP contribution in [0.5, 0.6) is 0 Å². The smallest absolute Gasteiger partial charge is 0.256 e. The highest BCUT2D eigenvalue weighted by atomic mass is 35.5. The summed E-state index contributed by atoms with van der Waals surface area (Å²) in [7, 11) is 1.57. The first-order valence-electron chi connectivity index (χ1n) is 7.42. The van der Waals surface area contributed by atoms with E-state index in [4.69, 9.17) is 4.74 Å². The van der Waals surface area contributed by atoms with Gasteiger partial charge in [0.25, 0.3) is 5.91 Å². The molecule has 1 aromatic rings. The first kappa shape index (κ1) is 19.4. The Morgan fingerprint density at radius 1 is 1.22 bits per heavy atom. The maximum atomic E-state index is 12.6. The fraction of sp³-hybridized carbons (Fsp3) is 0.500. The zero-order chi connectivity index (χ0) is 16.2. The van der Waals surface area contributed by atoms with Gasteiger partial charge >= 0.3 is 0 Å². The predicted octanol–water partition coefficient (Wildman–Crippen LogP) is 2.08. The fourth-order valence-electron chi connectivity index (χ4n) is 2.62. The molecule has 1 heterocycles. The lowest BCUT2D eigenvalue weighted by Crippen LogP contribution is -2.51. The summed E-state index contributed by atoms with van der Waals surface area (Å²) in [5.41, 5.74) is 1.50. The van der Waals surface area contributed by atoms with Gasteiger partial charge in [-0.3, -0.25) is 9.59 Å². The number of nitrogens with one attached hydrogen (secondary N) is 3. The minimum absolute atomic E-state index is 0. The van der Waals surface area contributed by atoms with Gasteiger partial charge in [0.05, 0.1) is 0 Å². The highest BCUT2D eigenvalue weighted by molar-refractivity contribution is 5.98. The third-order valence-electron chi connectivity index (χ3n) is 4.02. The summed E-state index contributed by atoms with van der Waals surface area (Å²) in [5, 5.41) is 8.88. The molecule has 0 unspecified atom stereocenters. The van der Waals surface area contributed by atoms with Crippen molar-refractivity contribution >= 4 is 35.6 Å². The van der Waals surface area contributed by atoms with E-state index in [-0.39, 0.29) is 24.2 Å². The quantitative estimate of drug-likeness (QED) is 0.783. The summed E-state index contributed by atoms with van der Waals surface area (Å²) in [6.07, 6.45) is 1.28. The van der Waals surface area contributed by atoms with Crippen LogP contribution in [-0.4, -0.2) is 37.6 Å². The number of hydrogen-bond donors (Lipinski definition) is 3. The Morgan fingerprint density at radius 2 is 1.87 bits per heavy atom. The molecule has 3 N–H and O–H groups in total. The van der Waals surface area contributed by atoms with Crippen molar-refractivity contribution in [1.29, 1.82) is 0 Å². The Labute approximate surface area is 142 Å². The van der Waals surface area contributed by atoms with Crippen molar-refractivity contribution in [3.63, 3.8) is 0 Å². The number of carbonyl (C=O) groups excluding carboxylic acids is 2. The van der Waals surface area contributed by atoms with Crippen LogP contribution in [0.15, 0.2) is 18.2 Å². The van der Waals surface area contributed by atoms with Crippen molar-refractivity contribution in [3.8, 4) is 0 Å². The van der Waals surface area contributed by atoms with Gasteiger partial charge in [0.2, 0.25) is 5.91 Å². The lowest BCUT2D eigenvalue weighted by atomic mass is 9.91. The molecule has 0 spiro atoms. The Hall–Kier alpha value is -1.63. The number of benzene rings is 1. The molecular formula is C16H24ClN3O3. The molecule has 0 atom stereocenters. The van der Waals surface area contributed by atoms with E-state index in [1.54, 1.807) is 13.2 Å². The first-order valence-corrected chi connectivity index (χ1v) is 7.42. The molecule has 1 aliphatic rings. The molecule has 0 aliphatic carbocycles. The van der Waals surface area contributed by atoms with Crippen LogP contribution in [0.25, 0.3) is 0 Å². The van der Waals surface area contributed by atoms with Gasteiger partial charge in [0.1, 0.15) is 5.60 Å². The fourth-order valence-corrected chi connectivity index (χ4v) is 2.62. The minimum atomic E-state index is -0.787. The Balaban J connectivity index is 0.00000264. The van der Waals surface area contributed by atoms with Crippen LogP contribution in [0.2, 0.25) is 0 Å². The summed E-state index contributed by atoms with van der Waals surface area (Å²) >= 11 is 0. The van der Waals surface area contributed by atoms with E-state index in [1.807, 2.05) is 19.1 Å². The number of methoxy groups -OCH3 is 1. The molecule has 6 nitrogen and oxygen atoms in total. The van der Waals surface area contributed by atoms with Gasteiger partial charge in [0, 0.05) is 25.4 Å². The highest BCUT2D eigenvalue weighted by Gasteiger charge is 2.39. The highest BCUT2D eigenvalue weighted by Crippen LogP contribution is 2.26. The van der Waals surface area contributed by atoms with Crippen LogP contribution in [0.4, 0.5) is 11.4 Å². The van der Waals surface area contributed by atoms with Crippen LogP contribution in [-0.2, 0) is 14.3 Å². The summed E-state index contributed by atoms with van der Waals surface area (Å²) in [5.74, 6) is -0.285. The van der Waals surface area contributed by atoms with E-state index in [0.717, 1.165) is 18.7 Å². The van der Waals surface area contributed by atoms with E-state index in [0.29, 0.717) is 24.2 Å². The van der Waals surface area contributed by atoms with Crippen LogP contribution in [0, 0.1) is 6.92 Å². The van der Waals surface area contributed by atoms with Gasteiger partial charge in [-0.1, -0.05) is 6.07 Å². The molecule has 0 saturated carbocycles. The zero-order valence-corrected chi connectivity index (χ0v) is 14.5. The standard InChI is InChI=1S/C16H23N3O3.ClH/c1-11-4-5-13(10-14(11)18-12(2)20)19-15(21)16(22-3)6-8-17-9-7-16;/h4-5,10,17H,6-9H2,1-3H3,(H,18,20)(H,19,21);1H. The molecule has 0 bridgehead atoms. The number of rotatable bonds is 4. The maximum Gasteiger partial charge on any atom is 0.256 e. The second-order valence-corrected chi connectivity index (χ2v) is 5.61. The van der Waals surface area contributed by atoms with Gasteiger partial charge in [-0.05, 0) is 50.6 Å². The molecule has 1 aromatic carbocycles. The molecule has 1 aliphatic heterocycles. The van der Waals surface area contributed by atoms with Gasteiger partial charge in [-0.2, -0.15) is 0 Å². The van der Waals surface area contributed by atoms with Gasteiger partial charge in [-0.15, -0.1) is 12.4 Å². The molecule has 1 fully saturated rings. The van der Waals surface area contributed by atoms with E-state index in [9.17, 15) is 9.59 Å². The van der Waals surface area contributed by atoms with E-state index in [1.165, 1.54) is 6.92 Å². The zero-order valence-electron chi connectivity index (χ0n) is 13.7. The molecule has 2 rings (SSSR count). The number of anilines is 2. The van der Waals surface area contributed by atoms with Crippen molar-refractivity contribution in [2.45, 2.75) is 32.3 Å². The van der Waals surface area contributed by atoms with Crippen molar-refractivity contribution in [1.82, 2.24) is 5.32 Å². The van der Waals surface area contributed by atoms with Crippen LogP contribution in [0.3, 0.4) is 0 Å². The van der Waals surface area contributed by atoms with Crippen molar-refractivity contribution in [2.75, 3.05) is 30.8 Å². The third kappa shape index (κ3) is 4.67. The number of amides is 2. The van der Waals surface area contributed by atoms with Gasteiger partial charge < -0.3 is 20.7 Å². The molecule has 128 valence electrons. The number of aryl methyl sites for hydroxylation is 1. The molecule has 7 heteroatoms. The monoisotopic (exact) mass is 341 g/mol. The Bertz CT molecular complexity index is 572. The average molecular weight is 342 g/mol. The number of piperidine rings is 1. The minimum Gasteiger partial charge on any atom is -0.368 e. The van der Waals surface area contributed by atoms with Gasteiger partial charge in [-0.25, -0.2) is 0 Å². The predicted molar refractivity (Wildman–Crippen MR) is 93.2 cm³/mol. The van der Waals surface area contributed by atoms with Crippen molar-refractivity contribution in [3.05, 3.63) is 23.8 Å². The maximum absolute atomic E-state index is 12.6. The largest absolute Gasteiger partial charge is 0.368 e. The third-order valence-corrected chi connectivity index (χ3v) is 4.02. The molecule has 2 amide bonds. The molecule has 0 radical (unpaired) electrons. The number of ether oxygens (including phenoxy) is 1. The number of hydrogen-bond acceptors (Lipinski definition) is 4. The summed E-state index contributed by atoms with van der Waals surface area (Å²) in [6.45, 7) is 4.87. The van der Waals surface area contributed by atoms with Gasteiger partial charge in [0.15, 0.2) is 0 Å². The Kier molecular flexibility index (Phi) is 7.00. The summed E-state index contributed by atoms with van der Waals surface area (Å²) in [6, 6.07) is 5.45. The van der Waals surface area contributed by atoms with Crippen molar-refractivity contribution < 1.29 is 14.3 Å². The summed E-state index contributed by atoms with van der Waals surface area (Å²) < 4.78 is 5.51. The van der Waals surface area contributed by atoms with E-state index < -0.39 is 5.60 Å². The molecule has 23 heavy (non-hydrogen) atoms. The summed E-state index contributed by atoms with van der Waals surface area (Å²) in [4.78, 5) is 23.8. The Morgan fingerprint density at radius 3 is 2.43 bits per heavy atom. The number of carbonyl (C=O) groups is 2. The SMILES string of the molecule is COC1(C(=O)Nc2ccc(C)c(NC(C)=O)c2)CCNCC1.Cl. The second kappa shape index (κ2) is 8.29. The topological polar surface area (TPSA) is 79.5 Å². The second-order valence-electron chi connectivity index (χ2n) is 5.61. The van der Waals surface area contributed by atoms with Crippen molar-refractivity contribution in [2.24, 2.45) is 0 Å². The molecular weight excluding hydrogens is 318 g/mol.